The minimum atomic E-state index is -0.0522. The Kier molecular flexibility index (Phi) is 3.37. The molecule has 15 heavy (non-hydrogen) atoms. The number of quaternary nitrogens is 1. The van der Waals surface area contributed by atoms with E-state index in [9.17, 15) is 4.39 Å². The molecule has 2 rings (SSSR count). The lowest BCUT2D eigenvalue weighted by molar-refractivity contribution is -0.919. The quantitative estimate of drug-likeness (QED) is 0.753. The van der Waals surface area contributed by atoms with Gasteiger partial charge in [-0.3, -0.25) is 0 Å². The molecule has 0 atom stereocenters. The lowest BCUT2D eigenvalue weighted by Gasteiger charge is -2.27. The topological polar surface area (TPSA) is 4.44 Å². The Morgan fingerprint density at radius 2 is 1.93 bits per heavy atom. The predicted octanol–water partition coefficient (Wildman–Crippen LogP) is 1.64. The number of rotatable bonds is 2. The summed E-state index contributed by atoms with van der Waals surface area (Å²) in [5.74, 6) is 0.804. The van der Waals surface area contributed by atoms with Gasteiger partial charge in [-0.25, -0.2) is 4.39 Å². The summed E-state index contributed by atoms with van der Waals surface area (Å²) in [6.07, 6.45) is 2.56. The molecule has 1 saturated heterocycles. The fourth-order valence-electron chi connectivity index (χ4n) is 2.26. The van der Waals surface area contributed by atoms with Crippen molar-refractivity contribution in [2.45, 2.75) is 26.3 Å². The predicted molar refractivity (Wildman–Crippen MR) is 59.2 cm³/mol. The molecule has 1 nitrogen and oxygen atoms in total. The first kappa shape index (κ1) is 10.6. The third-order valence-corrected chi connectivity index (χ3v) is 3.38. The SMILES string of the molecule is CC1CC[NH+](Cc2ccccc2F)CC1. The van der Waals surface area contributed by atoms with E-state index < -0.39 is 0 Å². The van der Waals surface area contributed by atoms with Crippen LogP contribution in [0.15, 0.2) is 24.3 Å². The van der Waals surface area contributed by atoms with Gasteiger partial charge in [-0.2, -0.15) is 0 Å². The van der Waals surface area contributed by atoms with Crippen LogP contribution in [0.25, 0.3) is 0 Å². The third-order valence-electron chi connectivity index (χ3n) is 3.38. The van der Waals surface area contributed by atoms with Crippen LogP contribution < -0.4 is 4.90 Å². The van der Waals surface area contributed by atoms with E-state index in [0.717, 1.165) is 18.0 Å². The lowest BCUT2D eigenvalue weighted by atomic mass is 9.99. The molecule has 0 saturated carbocycles. The Bertz CT molecular complexity index is 316. The molecule has 0 radical (unpaired) electrons. The van der Waals surface area contributed by atoms with Crippen LogP contribution in [0.4, 0.5) is 4.39 Å². The van der Waals surface area contributed by atoms with Crippen molar-refractivity contribution in [1.29, 1.82) is 0 Å². The zero-order chi connectivity index (χ0) is 10.7. The molecule has 2 heteroatoms. The second kappa shape index (κ2) is 4.75. The van der Waals surface area contributed by atoms with Gasteiger partial charge < -0.3 is 4.90 Å². The fraction of sp³-hybridized carbons (Fsp3) is 0.538. The molecule has 0 bridgehead atoms. The Balaban J connectivity index is 1.95. The van der Waals surface area contributed by atoms with E-state index in [4.69, 9.17) is 0 Å². The molecule has 1 aromatic carbocycles. The largest absolute Gasteiger partial charge is 0.331 e. The van der Waals surface area contributed by atoms with Crippen LogP contribution >= 0.6 is 0 Å². The number of hydrogen-bond acceptors (Lipinski definition) is 0. The molecule has 0 aromatic heterocycles. The average molecular weight is 208 g/mol. The number of hydrogen-bond donors (Lipinski definition) is 1. The van der Waals surface area contributed by atoms with Crippen LogP contribution in [0.5, 0.6) is 0 Å². The van der Waals surface area contributed by atoms with Crippen molar-refractivity contribution in [3.8, 4) is 0 Å². The van der Waals surface area contributed by atoms with E-state index >= 15 is 0 Å². The van der Waals surface area contributed by atoms with Gasteiger partial charge in [0.05, 0.1) is 13.1 Å². The molecule has 82 valence electrons. The number of nitrogens with one attached hydrogen (secondary N) is 1. The molecule has 0 amide bonds. The number of benzene rings is 1. The maximum atomic E-state index is 13.4. The molecule has 1 heterocycles. The minimum Gasteiger partial charge on any atom is -0.331 e. The Morgan fingerprint density at radius 3 is 2.60 bits per heavy atom. The van der Waals surface area contributed by atoms with Crippen molar-refractivity contribution in [2.24, 2.45) is 5.92 Å². The maximum absolute atomic E-state index is 13.4. The normalized spacial score (nSPS) is 26.5. The summed E-state index contributed by atoms with van der Waals surface area (Å²) in [6, 6.07) is 7.14. The van der Waals surface area contributed by atoms with Gasteiger partial charge in [-0.15, -0.1) is 0 Å². The van der Waals surface area contributed by atoms with Crippen molar-refractivity contribution in [2.75, 3.05) is 13.1 Å². The van der Waals surface area contributed by atoms with Crippen LogP contribution in [0.3, 0.4) is 0 Å². The molecule has 1 aromatic rings. The van der Waals surface area contributed by atoms with Crippen molar-refractivity contribution >= 4 is 0 Å². The van der Waals surface area contributed by atoms with E-state index in [-0.39, 0.29) is 5.82 Å². The van der Waals surface area contributed by atoms with Crippen molar-refractivity contribution in [3.05, 3.63) is 35.6 Å². The van der Waals surface area contributed by atoms with Gasteiger partial charge in [0, 0.05) is 5.56 Å². The monoisotopic (exact) mass is 208 g/mol. The third kappa shape index (κ3) is 2.78. The molecule has 0 aliphatic carbocycles. The maximum Gasteiger partial charge on any atom is 0.132 e. The summed E-state index contributed by atoms with van der Waals surface area (Å²) in [4.78, 5) is 1.53. The second-order valence-corrected chi connectivity index (χ2v) is 4.70. The van der Waals surface area contributed by atoms with Crippen LogP contribution in [0, 0.1) is 11.7 Å². The van der Waals surface area contributed by atoms with E-state index in [0.29, 0.717) is 0 Å². The molecule has 1 fully saturated rings. The standard InChI is InChI=1S/C13H18FN/c1-11-6-8-15(9-7-11)10-12-4-2-3-5-13(12)14/h2-5,11H,6-10H2,1H3/p+1. The first-order valence-corrected chi connectivity index (χ1v) is 5.82. The zero-order valence-electron chi connectivity index (χ0n) is 9.30. The number of halogens is 1. The molecule has 1 N–H and O–H groups in total. The lowest BCUT2D eigenvalue weighted by Crippen LogP contribution is -3.11. The molecular weight excluding hydrogens is 189 g/mol. The molecule has 0 spiro atoms. The highest BCUT2D eigenvalue weighted by Gasteiger charge is 2.19. The fourth-order valence-corrected chi connectivity index (χ4v) is 2.26. The van der Waals surface area contributed by atoms with Gasteiger partial charge in [0.25, 0.3) is 0 Å². The summed E-state index contributed by atoms with van der Waals surface area (Å²) in [5, 5.41) is 0. The minimum absolute atomic E-state index is 0.0522. The average Bonchev–Trinajstić information content (AvgIpc) is 2.25. The van der Waals surface area contributed by atoms with Gasteiger partial charge in [0.2, 0.25) is 0 Å². The highest BCUT2D eigenvalue weighted by molar-refractivity contribution is 5.15. The van der Waals surface area contributed by atoms with Crippen LogP contribution in [-0.4, -0.2) is 13.1 Å². The zero-order valence-corrected chi connectivity index (χ0v) is 9.30. The second-order valence-electron chi connectivity index (χ2n) is 4.70. The van der Waals surface area contributed by atoms with Gasteiger partial charge in [-0.1, -0.05) is 25.1 Å². The molecule has 1 aliphatic heterocycles. The van der Waals surface area contributed by atoms with Crippen molar-refractivity contribution in [3.63, 3.8) is 0 Å². The van der Waals surface area contributed by atoms with E-state index in [1.54, 1.807) is 12.1 Å². The Labute approximate surface area is 90.9 Å². The van der Waals surface area contributed by atoms with Crippen LogP contribution in [0.2, 0.25) is 0 Å². The van der Waals surface area contributed by atoms with Gasteiger partial charge in [-0.05, 0) is 24.8 Å². The van der Waals surface area contributed by atoms with Gasteiger partial charge in [0.1, 0.15) is 12.4 Å². The molecule has 0 unspecified atom stereocenters. The first-order valence-electron chi connectivity index (χ1n) is 5.82. The molecule has 1 aliphatic rings. The van der Waals surface area contributed by atoms with E-state index in [1.807, 2.05) is 12.1 Å². The van der Waals surface area contributed by atoms with Crippen LogP contribution in [-0.2, 0) is 6.54 Å². The van der Waals surface area contributed by atoms with E-state index in [1.165, 1.54) is 30.8 Å². The number of piperidine rings is 1. The number of likely N-dealkylation sites (tertiary alicyclic amines) is 1. The summed E-state index contributed by atoms with van der Waals surface area (Å²) in [6.45, 7) is 5.53. The highest BCUT2D eigenvalue weighted by Crippen LogP contribution is 2.09. The Morgan fingerprint density at radius 1 is 1.27 bits per heavy atom. The summed E-state index contributed by atoms with van der Waals surface area (Å²) < 4.78 is 13.4. The summed E-state index contributed by atoms with van der Waals surface area (Å²) in [7, 11) is 0. The van der Waals surface area contributed by atoms with E-state index in [2.05, 4.69) is 6.92 Å². The summed E-state index contributed by atoms with van der Waals surface area (Å²) in [5.41, 5.74) is 0.863. The van der Waals surface area contributed by atoms with Crippen molar-refractivity contribution in [1.82, 2.24) is 0 Å². The van der Waals surface area contributed by atoms with Crippen LogP contribution in [0.1, 0.15) is 25.3 Å². The highest BCUT2D eigenvalue weighted by atomic mass is 19.1. The Hall–Kier alpha value is -0.890. The van der Waals surface area contributed by atoms with Gasteiger partial charge >= 0.3 is 0 Å². The van der Waals surface area contributed by atoms with Gasteiger partial charge in [0.15, 0.2) is 0 Å². The first-order chi connectivity index (χ1) is 7.25. The summed E-state index contributed by atoms with van der Waals surface area (Å²) >= 11 is 0. The van der Waals surface area contributed by atoms with Crippen molar-refractivity contribution < 1.29 is 9.29 Å². The smallest absolute Gasteiger partial charge is 0.132 e. The molecular formula is C13H19FN+.